The van der Waals surface area contributed by atoms with Gasteiger partial charge in [-0.15, -0.1) is 0 Å². The molecule has 1 N–H and O–H groups in total. The predicted octanol–water partition coefficient (Wildman–Crippen LogP) is 2.59. The number of Topliss-reactive ketones (excluding diaryl/α,β-unsaturated/α-hetero) is 1. The third-order valence-corrected chi connectivity index (χ3v) is 2.48. The van der Waals surface area contributed by atoms with E-state index >= 15 is 0 Å². The van der Waals surface area contributed by atoms with Gasteiger partial charge in [0.1, 0.15) is 0 Å². The summed E-state index contributed by atoms with van der Waals surface area (Å²) in [6.45, 7) is 3.82. The van der Waals surface area contributed by atoms with Crippen LogP contribution < -0.4 is 0 Å². The first kappa shape index (κ1) is 14.4. The van der Waals surface area contributed by atoms with Crippen molar-refractivity contribution in [2.24, 2.45) is 0 Å². The van der Waals surface area contributed by atoms with Crippen molar-refractivity contribution in [2.45, 2.75) is 38.9 Å². The van der Waals surface area contributed by atoms with Gasteiger partial charge >= 0.3 is 5.97 Å². The predicted molar refractivity (Wildman–Crippen MR) is 67.3 cm³/mol. The molecule has 0 fully saturated rings. The fourth-order valence-electron chi connectivity index (χ4n) is 1.68. The van der Waals surface area contributed by atoms with Crippen molar-refractivity contribution in [1.29, 1.82) is 0 Å². The van der Waals surface area contributed by atoms with Crippen molar-refractivity contribution in [3.63, 3.8) is 0 Å². The summed E-state index contributed by atoms with van der Waals surface area (Å²) in [4.78, 5) is 21.6. The fourth-order valence-corrected chi connectivity index (χ4v) is 1.68. The molecule has 0 aliphatic carbocycles. The summed E-state index contributed by atoms with van der Waals surface area (Å²) in [5.74, 6) is -2.16. The van der Waals surface area contributed by atoms with Gasteiger partial charge in [0.25, 0.3) is 0 Å². The maximum absolute atomic E-state index is 11.1. The minimum Gasteiger partial charge on any atom is -0.476 e. The molecule has 1 aromatic carbocycles. The molecule has 0 bridgehead atoms. The number of rotatable bonds is 7. The lowest BCUT2D eigenvalue weighted by molar-refractivity contribution is -0.149. The molecule has 4 heteroatoms. The number of aliphatic carboxylic acids is 1. The highest BCUT2D eigenvalue weighted by atomic mass is 16.5. The van der Waals surface area contributed by atoms with Crippen LogP contribution in [0.4, 0.5) is 0 Å². The number of carboxylic acid groups (broad SMARTS) is 1. The third kappa shape index (κ3) is 4.67. The summed E-state index contributed by atoms with van der Waals surface area (Å²) in [7, 11) is 0. The second-order valence-electron chi connectivity index (χ2n) is 4.35. The van der Waals surface area contributed by atoms with Crippen LogP contribution in [-0.4, -0.2) is 23.0 Å². The second-order valence-corrected chi connectivity index (χ2v) is 4.35. The third-order valence-electron chi connectivity index (χ3n) is 2.48. The number of carbonyl (C=O) groups is 2. The van der Waals surface area contributed by atoms with Gasteiger partial charge in [0, 0.05) is 6.42 Å². The van der Waals surface area contributed by atoms with Gasteiger partial charge in [-0.1, -0.05) is 30.3 Å². The number of carbonyl (C=O) groups excluding carboxylic acids is 1. The first-order valence-electron chi connectivity index (χ1n) is 5.97. The maximum Gasteiger partial charge on any atom is 0.372 e. The van der Waals surface area contributed by atoms with Crippen LogP contribution in [0.3, 0.4) is 0 Å². The van der Waals surface area contributed by atoms with Gasteiger partial charge in [0.05, 0.1) is 12.2 Å². The highest BCUT2D eigenvalue weighted by Crippen LogP contribution is 2.24. The Labute approximate surface area is 107 Å². The van der Waals surface area contributed by atoms with E-state index < -0.39 is 11.8 Å². The van der Waals surface area contributed by atoms with E-state index in [0.717, 1.165) is 5.56 Å². The largest absolute Gasteiger partial charge is 0.476 e. The molecule has 1 unspecified atom stereocenters. The smallest absolute Gasteiger partial charge is 0.372 e. The summed E-state index contributed by atoms with van der Waals surface area (Å²) in [6, 6.07) is 9.52. The summed E-state index contributed by atoms with van der Waals surface area (Å²) in [6.07, 6.45) is 0.152. The molecule has 0 spiro atoms. The topological polar surface area (TPSA) is 63.6 Å². The van der Waals surface area contributed by atoms with E-state index in [4.69, 9.17) is 9.84 Å². The van der Waals surface area contributed by atoms with E-state index in [9.17, 15) is 9.59 Å². The van der Waals surface area contributed by atoms with Crippen LogP contribution >= 0.6 is 0 Å². The Morgan fingerprint density at radius 2 is 1.83 bits per heavy atom. The minimum atomic E-state index is -1.38. The normalized spacial score (nSPS) is 12.4. The van der Waals surface area contributed by atoms with Crippen molar-refractivity contribution in [3.05, 3.63) is 35.9 Å². The van der Waals surface area contributed by atoms with Crippen molar-refractivity contribution >= 4 is 11.8 Å². The number of carboxylic acids is 1. The van der Waals surface area contributed by atoms with Crippen LogP contribution in [0, 0.1) is 0 Å². The Balaban J connectivity index is 2.68. The van der Waals surface area contributed by atoms with E-state index in [0.29, 0.717) is 6.42 Å². The Morgan fingerprint density at radius 3 is 2.33 bits per heavy atom. The molecule has 0 aliphatic heterocycles. The quantitative estimate of drug-likeness (QED) is 0.755. The minimum absolute atomic E-state index is 0.0123. The number of ketones is 1. The molecular weight excluding hydrogens is 232 g/mol. The zero-order valence-corrected chi connectivity index (χ0v) is 10.6. The first-order chi connectivity index (χ1) is 8.50. The van der Waals surface area contributed by atoms with Crippen molar-refractivity contribution in [3.8, 4) is 0 Å². The molecule has 1 aromatic rings. The Morgan fingerprint density at radius 1 is 1.22 bits per heavy atom. The molecule has 98 valence electrons. The molecule has 0 saturated heterocycles. The molecule has 0 radical (unpaired) electrons. The Kier molecular flexibility index (Phi) is 5.52. The standard InChI is InChI=1S/C14H18O4/c1-10(2)18-13(9-8-12(15)14(16)17)11-6-4-3-5-7-11/h3-7,10,13H,8-9H2,1-2H3,(H,16,17). The molecule has 0 aliphatic rings. The van der Waals surface area contributed by atoms with Crippen LogP contribution in [0.15, 0.2) is 30.3 Å². The van der Waals surface area contributed by atoms with Crippen molar-refractivity contribution < 1.29 is 19.4 Å². The van der Waals surface area contributed by atoms with Gasteiger partial charge in [0.2, 0.25) is 5.78 Å². The van der Waals surface area contributed by atoms with Crippen LogP contribution in [0.1, 0.15) is 38.4 Å². The summed E-state index contributed by atoms with van der Waals surface area (Å²) < 4.78 is 5.72. The number of ether oxygens (including phenoxy) is 1. The molecular formula is C14H18O4. The number of benzene rings is 1. The number of hydrogen-bond donors (Lipinski definition) is 1. The number of hydrogen-bond acceptors (Lipinski definition) is 3. The zero-order chi connectivity index (χ0) is 13.5. The Hall–Kier alpha value is -1.68. The fraction of sp³-hybridized carbons (Fsp3) is 0.429. The average Bonchev–Trinajstić information content (AvgIpc) is 2.34. The van der Waals surface area contributed by atoms with Gasteiger partial charge in [-0.3, -0.25) is 4.79 Å². The summed E-state index contributed by atoms with van der Waals surface area (Å²) in [5.41, 5.74) is 0.962. The summed E-state index contributed by atoms with van der Waals surface area (Å²) in [5, 5.41) is 8.56. The van der Waals surface area contributed by atoms with E-state index in [1.165, 1.54) is 0 Å². The molecule has 0 aromatic heterocycles. The molecule has 0 amide bonds. The molecule has 0 saturated carbocycles. The highest BCUT2D eigenvalue weighted by molar-refractivity contribution is 6.32. The first-order valence-corrected chi connectivity index (χ1v) is 5.97. The molecule has 1 atom stereocenters. The van der Waals surface area contributed by atoms with Gasteiger partial charge in [-0.25, -0.2) is 4.79 Å². The molecule has 18 heavy (non-hydrogen) atoms. The lowest BCUT2D eigenvalue weighted by atomic mass is 10.0. The lowest BCUT2D eigenvalue weighted by Crippen LogP contribution is -2.16. The van der Waals surface area contributed by atoms with E-state index in [1.807, 2.05) is 44.2 Å². The van der Waals surface area contributed by atoms with Crippen LogP contribution in [0.5, 0.6) is 0 Å². The van der Waals surface area contributed by atoms with Crippen LogP contribution in [0.2, 0.25) is 0 Å². The maximum atomic E-state index is 11.1. The van der Waals surface area contributed by atoms with Crippen molar-refractivity contribution in [2.75, 3.05) is 0 Å². The zero-order valence-electron chi connectivity index (χ0n) is 10.6. The van der Waals surface area contributed by atoms with Gasteiger partial charge in [-0.2, -0.15) is 0 Å². The molecule has 0 heterocycles. The second kappa shape index (κ2) is 6.91. The SMILES string of the molecule is CC(C)OC(CCC(=O)C(=O)O)c1ccccc1. The monoisotopic (exact) mass is 250 g/mol. The lowest BCUT2D eigenvalue weighted by Gasteiger charge is -2.20. The van der Waals surface area contributed by atoms with Crippen LogP contribution in [-0.2, 0) is 14.3 Å². The Bertz CT molecular complexity index is 398. The van der Waals surface area contributed by atoms with E-state index in [1.54, 1.807) is 0 Å². The highest BCUT2D eigenvalue weighted by Gasteiger charge is 2.18. The van der Waals surface area contributed by atoms with E-state index in [-0.39, 0.29) is 18.6 Å². The van der Waals surface area contributed by atoms with E-state index in [2.05, 4.69) is 0 Å². The molecule has 1 rings (SSSR count). The average molecular weight is 250 g/mol. The molecule has 4 nitrogen and oxygen atoms in total. The van der Waals surface area contributed by atoms with Crippen molar-refractivity contribution in [1.82, 2.24) is 0 Å². The van der Waals surface area contributed by atoms with Gasteiger partial charge in [-0.05, 0) is 25.8 Å². The van der Waals surface area contributed by atoms with Crippen LogP contribution in [0.25, 0.3) is 0 Å². The van der Waals surface area contributed by atoms with Gasteiger partial charge < -0.3 is 9.84 Å². The van der Waals surface area contributed by atoms with Gasteiger partial charge in [0.15, 0.2) is 0 Å². The summed E-state index contributed by atoms with van der Waals surface area (Å²) >= 11 is 0.